The molecule has 3 aliphatic rings. The van der Waals surface area contributed by atoms with Crippen LogP contribution < -0.4 is 10.2 Å². The number of aromatic nitrogens is 2. The quantitative estimate of drug-likeness (QED) is 0.862. The molecule has 0 aromatic carbocycles. The van der Waals surface area contributed by atoms with E-state index in [1.165, 1.54) is 0 Å². The van der Waals surface area contributed by atoms with Gasteiger partial charge in [-0.15, -0.1) is 0 Å². The second-order valence-corrected chi connectivity index (χ2v) is 7.99. The minimum absolute atomic E-state index is 0.180. The number of carbonyl (C=O) groups is 1. The molecule has 0 atom stereocenters. The van der Waals surface area contributed by atoms with Gasteiger partial charge in [0.25, 0.3) is 0 Å². The molecular formula is C20H31N5O2. The Morgan fingerprint density at radius 1 is 1.00 bits per heavy atom. The van der Waals surface area contributed by atoms with Gasteiger partial charge in [-0.25, -0.2) is 4.98 Å². The van der Waals surface area contributed by atoms with E-state index < -0.39 is 0 Å². The van der Waals surface area contributed by atoms with Gasteiger partial charge in [-0.1, -0.05) is 0 Å². The van der Waals surface area contributed by atoms with Crippen LogP contribution in [0.25, 0.3) is 0 Å². The first kappa shape index (κ1) is 18.6. The number of nitrogens with zero attached hydrogens (tertiary/aromatic N) is 4. The summed E-state index contributed by atoms with van der Waals surface area (Å²) >= 11 is 0. The number of rotatable bonds is 4. The molecular weight excluding hydrogens is 342 g/mol. The van der Waals surface area contributed by atoms with E-state index in [1.54, 1.807) is 12.4 Å². The molecule has 27 heavy (non-hydrogen) atoms. The van der Waals surface area contributed by atoms with Crippen LogP contribution in [0.5, 0.6) is 0 Å². The number of anilines is 1. The van der Waals surface area contributed by atoms with Crippen molar-refractivity contribution < 1.29 is 9.53 Å². The van der Waals surface area contributed by atoms with Crippen molar-refractivity contribution in [1.82, 2.24) is 20.2 Å². The molecule has 0 bridgehead atoms. The predicted molar refractivity (Wildman–Crippen MR) is 104 cm³/mol. The first-order valence-electron chi connectivity index (χ1n) is 10.4. The summed E-state index contributed by atoms with van der Waals surface area (Å²) in [7, 11) is 0. The van der Waals surface area contributed by atoms with Crippen molar-refractivity contribution in [2.24, 2.45) is 5.92 Å². The number of nitrogens with one attached hydrogen (secondary N) is 1. The molecule has 7 heteroatoms. The third-order valence-electron chi connectivity index (χ3n) is 6.32. The summed E-state index contributed by atoms with van der Waals surface area (Å²) < 4.78 is 5.47. The van der Waals surface area contributed by atoms with Crippen molar-refractivity contribution in [3.63, 3.8) is 0 Å². The topological polar surface area (TPSA) is 70.6 Å². The van der Waals surface area contributed by atoms with Crippen molar-refractivity contribution in [1.29, 1.82) is 0 Å². The van der Waals surface area contributed by atoms with Gasteiger partial charge in [-0.05, 0) is 51.6 Å². The molecule has 1 aromatic heterocycles. The molecule has 0 saturated carbocycles. The molecule has 3 saturated heterocycles. The lowest BCUT2D eigenvalue weighted by molar-refractivity contribution is -0.127. The average Bonchev–Trinajstić information content (AvgIpc) is 2.76. The fraction of sp³-hybridized carbons (Fsp3) is 0.750. The Kier molecular flexibility index (Phi) is 6.19. The zero-order valence-electron chi connectivity index (χ0n) is 16.1. The van der Waals surface area contributed by atoms with Gasteiger partial charge >= 0.3 is 0 Å². The van der Waals surface area contributed by atoms with Gasteiger partial charge in [-0.2, -0.15) is 0 Å². The molecule has 0 aliphatic carbocycles. The molecule has 148 valence electrons. The summed E-state index contributed by atoms with van der Waals surface area (Å²) in [6, 6.07) is 0.951. The van der Waals surface area contributed by atoms with Crippen LogP contribution in [0.1, 0.15) is 38.5 Å². The Morgan fingerprint density at radius 3 is 2.41 bits per heavy atom. The first-order valence-corrected chi connectivity index (χ1v) is 10.4. The van der Waals surface area contributed by atoms with Crippen molar-refractivity contribution in [2.75, 3.05) is 44.3 Å². The van der Waals surface area contributed by atoms with E-state index in [0.29, 0.717) is 12.1 Å². The number of carbonyl (C=O) groups excluding carboxylic acids is 1. The fourth-order valence-corrected chi connectivity index (χ4v) is 4.60. The van der Waals surface area contributed by atoms with Gasteiger partial charge in [0, 0.05) is 56.7 Å². The summed E-state index contributed by atoms with van der Waals surface area (Å²) in [6.07, 6.45) is 11.4. The monoisotopic (exact) mass is 373 g/mol. The van der Waals surface area contributed by atoms with Crippen LogP contribution in [0.3, 0.4) is 0 Å². The van der Waals surface area contributed by atoms with Gasteiger partial charge in [0.1, 0.15) is 5.82 Å². The molecule has 1 aromatic rings. The average molecular weight is 374 g/mol. The van der Waals surface area contributed by atoms with E-state index in [1.807, 2.05) is 6.20 Å². The van der Waals surface area contributed by atoms with Gasteiger partial charge in [0.2, 0.25) is 5.91 Å². The number of amides is 1. The summed E-state index contributed by atoms with van der Waals surface area (Å²) in [4.78, 5) is 26.1. The zero-order chi connectivity index (χ0) is 18.5. The zero-order valence-corrected chi connectivity index (χ0v) is 16.1. The van der Waals surface area contributed by atoms with E-state index in [9.17, 15) is 4.79 Å². The Hall–Kier alpha value is -1.73. The Bertz CT molecular complexity index is 592. The van der Waals surface area contributed by atoms with Gasteiger partial charge in [0.05, 0.1) is 6.20 Å². The fourth-order valence-electron chi connectivity index (χ4n) is 4.60. The maximum atomic E-state index is 12.7. The lowest BCUT2D eigenvalue weighted by Crippen LogP contribution is -2.50. The van der Waals surface area contributed by atoms with Crippen LogP contribution >= 0.6 is 0 Å². The van der Waals surface area contributed by atoms with E-state index in [2.05, 4.69) is 25.1 Å². The largest absolute Gasteiger partial charge is 0.381 e. The maximum Gasteiger partial charge on any atom is 0.223 e. The van der Waals surface area contributed by atoms with Gasteiger partial charge in [-0.3, -0.25) is 9.78 Å². The van der Waals surface area contributed by atoms with Gasteiger partial charge in [0.15, 0.2) is 0 Å². The van der Waals surface area contributed by atoms with Crippen LogP contribution in [0.2, 0.25) is 0 Å². The Morgan fingerprint density at radius 2 is 1.74 bits per heavy atom. The molecule has 1 amide bonds. The third kappa shape index (κ3) is 4.76. The highest BCUT2D eigenvalue weighted by atomic mass is 16.5. The summed E-state index contributed by atoms with van der Waals surface area (Å²) in [5.41, 5.74) is 0. The lowest BCUT2D eigenvalue weighted by atomic mass is 9.92. The number of likely N-dealkylation sites (tertiary alicyclic amines) is 1. The van der Waals surface area contributed by atoms with Crippen LogP contribution in [-0.4, -0.2) is 72.3 Å². The van der Waals surface area contributed by atoms with Crippen LogP contribution in [0.4, 0.5) is 5.82 Å². The molecule has 0 spiro atoms. The molecule has 0 radical (unpaired) electrons. The first-order chi connectivity index (χ1) is 13.3. The van der Waals surface area contributed by atoms with E-state index in [4.69, 9.17) is 4.74 Å². The number of piperidine rings is 2. The number of hydrogen-bond donors (Lipinski definition) is 1. The van der Waals surface area contributed by atoms with Crippen molar-refractivity contribution in [3.05, 3.63) is 18.6 Å². The highest BCUT2D eigenvalue weighted by Crippen LogP contribution is 2.24. The highest BCUT2D eigenvalue weighted by molar-refractivity contribution is 5.79. The summed E-state index contributed by atoms with van der Waals surface area (Å²) in [6.45, 7) is 5.72. The minimum atomic E-state index is 0.180. The normalized spacial score (nSPS) is 24.1. The second-order valence-electron chi connectivity index (χ2n) is 7.99. The van der Waals surface area contributed by atoms with E-state index in [0.717, 1.165) is 83.7 Å². The Balaban J connectivity index is 1.19. The van der Waals surface area contributed by atoms with Crippen LogP contribution in [-0.2, 0) is 9.53 Å². The van der Waals surface area contributed by atoms with Crippen LogP contribution in [0, 0.1) is 5.92 Å². The van der Waals surface area contributed by atoms with Crippen LogP contribution in [0.15, 0.2) is 18.6 Å². The van der Waals surface area contributed by atoms with E-state index in [-0.39, 0.29) is 11.8 Å². The SMILES string of the molecule is O=C(NC1CCN(c2cnccn2)CC1)C1CCN(C2CCOCC2)CC1. The maximum absolute atomic E-state index is 12.7. The number of ether oxygens (including phenoxy) is 1. The highest BCUT2D eigenvalue weighted by Gasteiger charge is 2.31. The van der Waals surface area contributed by atoms with Gasteiger partial charge < -0.3 is 19.9 Å². The van der Waals surface area contributed by atoms with Crippen molar-refractivity contribution >= 4 is 11.7 Å². The molecule has 3 aliphatic heterocycles. The smallest absolute Gasteiger partial charge is 0.223 e. The molecule has 4 rings (SSSR count). The van der Waals surface area contributed by atoms with E-state index >= 15 is 0 Å². The molecule has 4 heterocycles. The predicted octanol–water partition coefficient (Wildman–Crippen LogP) is 1.45. The molecule has 7 nitrogen and oxygen atoms in total. The molecule has 1 N–H and O–H groups in total. The molecule has 0 unspecified atom stereocenters. The minimum Gasteiger partial charge on any atom is -0.381 e. The third-order valence-corrected chi connectivity index (χ3v) is 6.32. The van der Waals surface area contributed by atoms with Crippen molar-refractivity contribution in [3.8, 4) is 0 Å². The summed E-state index contributed by atoms with van der Waals surface area (Å²) in [5.74, 6) is 1.38. The number of hydrogen-bond acceptors (Lipinski definition) is 6. The Labute approximate surface area is 161 Å². The van der Waals surface area contributed by atoms with Crippen molar-refractivity contribution in [2.45, 2.75) is 50.6 Å². The second kappa shape index (κ2) is 8.97. The standard InChI is InChI=1S/C20H31N5O2/c26-20(16-1-9-24(10-2-16)18-5-13-27-14-6-18)23-17-3-11-25(12-4-17)19-15-21-7-8-22-19/h7-8,15-18H,1-6,9-14H2,(H,23,26). The molecule has 3 fully saturated rings. The summed E-state index contributed by atoms with van der Waals surface area (Å²) in [5, 5.41) is 3.31. The lowest BCUT2D eigenvalue weighted by Gasteiger charge is -2.39.